The molecule has 0 fully saturated rings. The SMILES string of the molecule is Cc1ccc(-c2ccc(-c3ccc(S(=O)(=O)c4onc(C)c4Br)cc3)cc2)cc1. The number of aryl methyl sites for hydroxylation is 2. The van der Waals surface area contributed by atoms with E-state index in [1.807, 2.05) is 12.1 Å². The van der Waals surface area contributed by atoms with Crippen molar-refractivity contribution in [3.8, 4) is 22.3 Å². The predicted octanol–water partition coefficient (Wildman–Crippen LogP) is 6.22. The first-order valence-corrected chi connectivity index (χ1v) is 11.3. The van der Waals surface area contributed by atoms with Gasteiger partial charge in [-0.25, -0.2) is 8.42 Å². The summed E-state index contributed by atoms with van der Waals surface area (Å²) >= 11 is 3.23. The molecule has 0 aliphatic heterocycles. The summed E-state index contributed by atoms with van der Waals surface area (Å²) in [7, 11) is -3.77. The highest BCUT2D eigenvalue weighted by Gasteiger charge is 2.27. The van der Waals surface area contributed by atoms with Crippen LogP contribution in [0, 0.1) is 13.8 Å². The lowest BCUT2D eigenvalue weighted by atomic mass is 10.00. The summed E-state index contributed by atoms with van der Waals surface area (Å²) in [5.74, 6) is 0. The van der Waals surface area contributed by atoms with Gasteiger partial charge in [0.1, 0.15) is 0 Å². The molecule has 0 saturated carbocycles. The van der Waals surface area contributed by atoms with Gasteiger partial charge in [-0.15, -0.1) is 0 Å². The van der Waals surface area contributed by atoms with Crippen molar-refractivity contribution in [3.05, 3.63) is 88.5 Å². The Balaban J connectivity index is 1.61. The first-order valence-electron chi connectivity index (χ1n) is 9.00. The molecule has 0 bridgehead atoms. The van der Waals surface area contributed by atoms with Gasteiger partial charge < -0.3 is 4.52 Å². The van der Waals surface area contributed by atoms with E-state index in [0.717, 1.165) is 22.3 Å². The smallest absolute Gasteiger partial charge is 0.269 e. The van der Waals surface area contributed by atoms with Crippen LogP contribution in [0.3, 0.4) is 0 Å². The molecule has 4 aromatic rings. The zero-order valence-electron chi connectivity index (χ0n) is 15.9. The summed E-state index contributed by atoms with van der Waals surface area (Å²) in [6.45, 7) is 3.75. The molecule has 0 radical (unpaired) electrons. The molecule has 0 amide bonds. The van der Waals surface area contributed by atoms with Crippen LogP contribution >= 0.6 is 15.9 Å². The summed E-state index contributed by atoms with van der Waals surface area (Å²) in [4.78, 5) is 0.161. The first kappa shape index (κ1) is 19.6. The van der Waals surface area contributed by atoms with Gasteiger partial charge in [0.25, 0.3) is 5.09 Å². The molecule has 0 atom stereocenters. The minimum Gasteiger partial charge on any atom is -0.343 e. The Labute approximate surface area is 178 Å². The molecule has 0 aliphatic carbocycles. The third-order valence-corrected chi connectivity index (χ3v) is 7.63. The largest absolute Gasteiger partial charge is 0.343 e. The number of sulfone groups is 1. The lowest BCUT2D eigenvalue weighted by Gasteiger charge is -2.07. The van der Waals surface area contributed by atoms with E-state index in [9.17, 15) is 8.42 Å². The van der Waals surface area contributed by atoms with Gasteiger partial charge in [0.05, 0.1) is 15.1 Å². The molecule has 0 unspecified atom stereocenters. The molecule has 29 heavy (non-hydrogen) atoms. The molecule has 4 nitrogen and oxygen atoms in total. The number of benzene rings is 3. The molecule has 0 aliphatic rings. The van der Waals surface area contributed by atoms with Crippen molar-refractivity contribution in [2.45, 2.75) is 23.8 Å². The summed E-state index contributed by atoms with van der Waals surface area (Å²) in [6, 6.07) is 23.4. The Morgan fingerprint density at radius 3 is 1.55 bits per heavy atom. The number of rotatable bonds is 4. The normalized spacial score (nSPS) is 11.6. The number of nitrogens with zero attached hydrogens (tertiary/aromatic N) is 1. The quantitative estimate of drug-likeness (QED) is 0.357. The molecule has 146 valence electrons. The highest BCUT2D eigenvalue weighted by atomic mass is 79.9. The van der Waals surface area contributed by atoms with E-state index in [1.54, 1.807) is 31.2 Å². The highest BCUT2D eigenvalue weighted by molar-refractivity contribution is 9.10. The van der Waals surface area contributed by atoms with Crippen LogP contribution in [-0.2, 0) is 9.84 Å². The van der Waals surface area contributed by atoms with Crippen LogP contribution in [0.4, 0.5) is 0 Å². The fraction of sp³-hybridized carbons (Fsp3) is 0.0870. The topological polar surface area (TPSA) is 60.2 Å². The van der Waals surface area contributed by atoms with E-state index in [4.69, 9.17) is 4.52 Å². The average molecular weight is 468 g/mol. The second-order valence-electron chi connectivity index (χ2n) is 6.84. The molecule has 1 aromatic heterocycles. The molecule has 4 rings (SSSR count). The Kier molecular flexibility index (Phi) is 5.15. The molecule has 0 saturated heterocycles. The van der Waals surface area contributed by atoms with Crippen molar-refractivity contribution in [2.75, 3.05) is 0 Å². The Hall–Kier alpha value is -2.70. The zero-order valence-corrected chi connectivity index (χ0v) is 18.3. The highest BCUT2D eigenvalue weighted by Crippen LogP contribution is 2.31. The number of hydrogen-bond donors (Lipinski definition) is 0. The minimum atomic E-state index is -3.77. The van der Waals surface area contributed by atoms with Gasteiger partial charge in [0.15, 0.2) is 0 Å². The fourth-order valence-electron chi connectivity index (χ4n) is 3.04. The van der Waals surface area contributed by atoms with Gasteiger partial charge in [-0.3, -0.25) is 0 Å². The van der Waals surface area contributed by atoms with E-state index < -0.39 is 9.84 Å². The molecule has 0 spiro atoms. The lowest BCUT2D eigenvalue weighted by Crippen LogP contribution is -2.01. The molecule has 3 aromatic carbocycles. The van der Waals surface area contributed by atoms with Crippen LogP contribution in [0.5, 0.6) is 0 Å². The molecular formula is C23H18BrNO3S. The van der Waals surface area contributed by atoms with Gasteiger partial charge in [0, 0.05) is 0 Å². The van der Waals surface area contributed by atoms with Crippen molar-refractivity contribution in [1.29, 1.82) is 0 Å². The number of hydrogen-bond acceptors (Lipinski definition) is 4. The monoisotopic (exact) mass is 467 g/mol. The summed E-state index contributed by atoms with van der Waals surface area (Å²) in [5, 5.41) is 3.53. The molecule has 6 heteroatoms. The molecule has 1 heterocycles. The van der Waals surface area contributed by atoms with Gasteiger partial charge in [-0.2, -0.15) is 0 Å². The summed E-state index contributed by atoms with van der Waals surface area (Å²) in [6.07, 6.45) is 0. The number of halogens is 1. The van der Waals surface area contributed by atoms with Gasteiger partial charge in [0.2, 0.25) is 9.84 Å². The summed E-state index contributed by atoms with van der Waals surface area (Å²) in [5.41, 5.74) is 5.98. The maximum atomic E-state index is 12.8. The Bertz CT molecular complexity index is 1260. The lowest BCUT2D eigenvalue weighted by molar-refractivity contribution is 0.335. The zero-order chi connectivity index (χ0) is 20.6. The van der Waals surface area contributed by atoms with Crippen LogP contribution in [-0.4, -0.2) is 13.6 Å². The molecular weight excluding hydrogens is 450 g/mol. The van der Waals surface area contributed by atoms with Crippen molar-refractivity contribution in [1.82, 2.24) is 5.16 Å². The second kappa shape index (κ2) is 7.61. The number of aromatic nitrogens is 1. The third kappa shape index (κ3) is 3.78. The van der Waals surface area contributed by atoms with Gasteiger partial charge in [-0.05, 0) is 64.2 Å². The van der Waals surface area contributed by atoms with Crippen LogP contribution in [0.15, 0.2) is 91.8 Å². The predicted molar refractivity (Wildman–Crippen MR) is 116 cm³/mol. The molecule has 0 N–H and O–H groups in total. The third-order valence-electron chi connectivity index (χ3n) is 4.77. The first-order chi connectivity index (χ1) is 13.9. The average Bonchev–Trinajstić information content (AvgIpc) is 3.08. The van der Waals surface area contributed by atoms with Gasteiger partial charge in [-0.1, -0.05) is 71.4 Å². The van der Waals surface area contributed by atoms with E-state index in [-0.39, 0.29) is 9.99 Å². The maximum absolute atomic E-state index is 12.8. The van der Waals surface area contributed by atoms with Crippen LogP contribution in [0.1, 0.15) is 11.3 Å². The van der Waals surface area contributed by atoms with Crippen molar-refractivity contribution < 1.29 is 12.9 Å². The Morgan fingerprint density at radius 1 is 0.724 bits per heavy atom. The van der Waals surface area contributed by atoms with Crippen molar-refractivity contribution in [2.24, 2.45) is 0 Å². The second-order valence-corrected chi connectivity index (χ2v) is 9.48. The standard InChI is InChI=1S/C23H18BrNO3S/c1-15-3-5-17(6-4-15)18-7-9-19(10-8-18)20-11-13-21(14-12-20)29(26,27)23-22(24)16(2)25-28-23/h3-14H,1-2H3. The van der Waals surface area contributed by atoms with Crippen molar-refractivity contribution in [3.63, 3.8) is 0 Å². The minimum absolute atomic E-state index is 0.161. The van der Waals surface area contributed by atoms with Crippen LogP contribution in [0.25, 0.3) is 22.3 Å². The van der Waals surface area contributed by atoms with E-state index >= 15 is 0 Å². The summed E-state index contributed by atoms with van der Waals surface area (Å²) < 4.78 is 30.9. The fourth-order valence-corrected chi connectivity index (χ4v) is 5.05. The van der Waals surface area contributed by atoms with Gasteiger partial charge >= 0.3 is 0 Å². The Morgan fingerprint density at radius 2 is 1.14 bits per heavy atom. The van der Waals surface area contributed by atoms with Crippen LogP contribution in [0.2, 0.25) is 0 Å². The van der Waals surface area contributed by atoms with E-state index in [2.05, 4.69) is 64.4 Å². The van der Waals surface area contributed by atoms with E-state index in [0.29, 0.717) is 10.2 Å². The van der Waals surface area contributed by atoms with E-state index in [1.165, 1.54) is 5.56 Å². The van der Waals surface area contributed by atoms with Crippen LogP contribution < -0.4 is 0 Å². The maximum Gasteiger partial charge on any atom is 0.269 e. The van der Waals surface area contributed by atoms with Crippen molar-refractivity contribution >= 4 is 25.8 Å².